The summed E-state index contributed by atoms with van der Waals surface area (Å²) in [5.74, 6) is -0.0721. The zero-order valence-electron chi connectivity index (χ0n) is 13.7. The molecule has 5 N–H and O–H groups in total. The van der Waals surface area contributed by atoms with Crippen LogP contribution in [-0.4, -0.2) is 27.1 Å². The van der Waals surface area contributed by atoms with Crippen molar-refractivity contribution in [2.75, 3.05) is 17.3 Å². The molecule has 9 nitrogen and oxygen atoms in total. The van der Waals surface area contributed by atoms with Gasteiger partial charge in [-0.1, -0.05) is 12.1 Å². The number of nitrogens with zero attached hydrogens (tertiary/aromatic N) is 2. The normalized spacial score (nSPS) is 11.3. The van der Waals surface area contributed by atoms with Crippen LogP contribution >= 0.6 is 0 Å². The Morgan fingerprint density at radius 2 is 1.88 bits per heavy atom. The lowest BCUT2D eigenvalue weighted by molar-refractivity contribution is 0.417. The largest absolute Gasteiger partial charge is 0.495 e. The van der Waals surface area contributed by atoms with E-state index in [0.29, 0.717) is 17.1 Å². The second kappa shape index (κ2) is 8.00. The molecule has 0 aliphatic carbocycles. The first-order valence-electron chi connectivity index (χ1n) is 7.21. The van der Waals surface area contributed by atoms with Crippen molar-refractivity contribution in [2.45, 2.75) is 4.90 Å². The summed E-state index contributed by atoms with van der Waals surface area (Å²) in [6.07, 6.45) is 0. The summed E-state index contributed by atoms with van der Waals surface area (Å²) in [5, 5.41) is 19.6. The number of nitrogens with two attached hydrogens (primary N) is 1. The van der Waals surface area contributed by atoms with Crippen LogP contribution in [0.15, 0.2) is 58.5 Å². The van der Waals surface area contributed by atoms with Gasteiger partial charge in [0.1, 0.15) is 11.8 Å². The molecular formula is C16H16N6O3S. The van der Waals surface area contributed by atoms with E-state index in [9.17, 15) is 8.42 Å². The van der Waals surface area contributed by atoms with Gasteiger partial charge in [-0.15, -0.1) is 0 Å². The minimum Gasteiger partial charge on any atom is -0.495 e. The highest BCUT2D eigenvalue weighted by molar-refractivity contribution is 7.92. The quantitative estimate of drug-likeness (QED) is 0.330. The minimum atomic E-state index is -3.81. The van der Waals surface area contributed by atoms with Gasteiger partial charge in [-0.2, -0.15) is 10.4 Å². The molecule has 0 aliphatic heterocycles. The van der Waals surface area contributed by atoms with Crippen molar-refractivity contribution in [3.63, 3.8) is 0 Å². The number of amidine groups is 1. The number of anilines is 2. The number of hydrazone groups is 1. The van der Waals surface area contributed by atoms with E-state index in [1.54, 1.807) is 30.3 Å². The zero-order valence-corrected chi connectivity index (χ0v) is 14.5. The lowest BCUT2D eigenvalue weighted by atomic mass is 10.3. The molecule has 26 heavy (non-hydrogen) atoms. The molecule has 2 aromatic rings. The first kappa shape index (κ1) is 18.8. The van der Waals surface area contributed by atoms with E-state index in [2.05, 4.69) is 15.2 Å². The van der Waals surface area contributed by atoms with E-state index < -0.39 is 15.9 Å². The summed E-state index contributed by atoms with van der Waals surface area (Å²) in [7, 11) is -2.36. The molecule has 0 atom stereocenters. The average Bonchev–Trinajstić information content (AvgIpc) is 2.62. The summed E-state index contributed by atoms with van der Waals surface area (Å²) in [6.45, 7) is 0. The number of ether oxygens (including phenoxy) is 1. The van der Waals surface area contributed by atoms with Crippen molar-refractivity contribution in [1.29, 1.82) is 10.7 Å². The molecule has 2 rings (SSSR count). The van der Waals surface area contributed by atoms with Crippen LogP contribution < -0.4 is 20.6 Å². The Hall–Kier alpha value is -3.58. The van der Waals surface area contributed by atoms with Gasteiger partial charge < -0.3 is 10.5 Å². The SMILES string of the molecule is COc1ccccc1NS(=O)(=O)c1ccc(N/N=C(\C#N)C(=N)N)cc1. The Labute approximate surface area is 150 Å². The first-order valence-corrected chi connectivity index (χ1v) is 8.70. The zero-order chi connectivity index (χ0) is 19.2. The molecule has 0 saturated carbocycles. The number of hydrogen-bond donors (Lipinski definition) is 4. The van der Waals surface area contributed by atoms with Gasteiger partial charge >= 0.3 is 0 Å². The molecule has 0 radical (unpaired) electrons. The van der Waals surface area contributed by atoms with Crippen molar-refractivity contribution in [1.82, 2.24) is 0 Å². The molecular weight excluding hydrogens is 356 g/mol. The number of nitrogens with one attached hydrogen (secondary N) is 3. The smallest absolute Gasteiger partial charge is 0.262 e. The second-order valence-electron chi connectivity index (χ2n) is 4.93. The van der Waals surface area contributed by atoms with E-state index in [1.165, 1.54) is 31.4 Å². The third-order valence-corrected chi connectivity index (χ3v) is 4.56. The standard InChI is InChI=1S/C16H16N6O3S/c1-25-15-5-3-2-4-13(15)22-26(23,24)12-8-6-11(7-9-12)20-21-14(10-17)16(18)19/h2-9,20,22H,1H3,(H3,18,19)/b21-14+. The molecule has 0 bridgehead atoms. The van der Waals surface area contributed by atoms with E-state index in [0.717, 1.165) is 0 Å². The lowest BCUT2D eigenvalue weighted by Crippen LogP contribution is -2.21. The highest BCUT2D eigenvalue weighted by Gasteiger charge is 2.16. The maximum atomic E-state index is 12.5. The highest BCUT2D eigenvalue weighted by atomic mass is 32.2. The van der Waals surface area contributed by atoms with Crippen LogP contribution in [0.25, 0.3) is 0 Å². The molecule has 2 aromatic carbocycles. The molecule has 10 heteroatoms. The maximum absolute atomic E-state index is 12.5. The number of rotatable bonds is 7. The van der Waals surface area contributed by atoms with Gasteiger partial charge in [0.2, 0.25) is 5.71 Å². The van der Waals surface area contributed by atoms with Crippen LogP contribution in [0.2, 0.25) is 0 Å². The van der Waals surface area contributed by atoms with E-state index >= 15 is 0 Å². The summed E-state index contributed by atoms with van der Waals surface area (Å²) >= 11 is 0. The third-order valence-electron chi connectivity index (χ3n) is 3.17. The molecule has 0 aliphatic rings. The average molecular weight is 372 g/mol. The Balaban J connectivity index is 2.19. The molecule has 134 valence electrons. The van der Waals surface area contributed by atoms with Crippen LogP contribution in [0.5, 0.6) is 5.75 Å². The van der Waals surface area contributed by atoms with Gasteiger partial charge in [0, 0.05) is 0 Å². The van der Waals surface area contributed by atoms with Crippen molar-refractivity contribution in [2.24, 2.45) is 10.8 Å². The maximum Gasteiger partial charge on any atom is 0.262 e. The van der Waals surface area contributed by atoms with Crippen LogP contribution in [0.1, 0.15) is 0 Å². The van der Waals surface area contributed by atoms with Gasteiger partial charge in [0.05, 0.1) is 23.4 Å². The van der Waals surface area contributed by atoms with Crippen molar-refractivity contribution < 1.29 is 13.2 Å². The van der Waals surface area contributed by atoms with Crippen LogP contribution in [0.3, 0.4) is 0 Å². The summed E-state index contributed by atoms with van der Waals surface area (Å²) in [4.78, 5) is 0.0324. The van der Waals surface area contributed by atoms with Crippen LogP contribution in [-0.2, 0) is 10.0 Å². The van der Waals surface area contributed by atoms with Gasteiger partial charge in [-0.25, -0.2) is 8.42 Å². The van der Waals surface area contributed by atoms with Crippen molar-refractivity contribution in [3.8, 4) is 11.8 Å². The fourth-order valence-corrected chi connectivity index (χ4v) is 2.98. The Morgan fingerprint density at radius 1 is 1.23 bits per heavy atom. The van der Waals surface area contributed by atoms with Crippen LogP contribution in [0, 0.1) is 16.7 Å². The number of hydrogen-bond acceptors (Lipinski definition) is 7. The number of methoxy groups -OCH3 is 1. The van der Waals surface area contributed by atoms with Gasteiger partial charge in [0.15, 0.2) is 5.84 Å². The first-order chi connectivity index (χ1) is 12.4. The summed E-state index contributed by atoms with van der Waals surface area (Å²) < 4.78 is 32.5. The fourth-order valence-electron chi connectivity index (χ4n) is 1.91. The summed E-state index contributed by atoms with van der Waals surface area (Å²) in [6, 6.07) is 14.0. The van der Waals surface area contributed by atoms with Gasteiger partial charge in [0.25, 0.3) is 10.0 Å². The number of benzene rings is 2. The molecule has 0 unspecified atom stereocenters. The second-order valence-corrected chi connectivity index (χ2v) is 6.61. The van der Waals surface area contributed by atoms with Gasteiger partial charge in [-0.3, -0.25) is 15.6 Å². The molecule has 0 spiro atoms. The van der Waals surface area contributed by atoms with Crippen molar-refractivity contribution >= 4 is 32.9 Å². The monoisotopic (exact) mass is 372 g/mol. The molecule has 0 amide bonds. The minimum absolute atomic E-state index is 0.0324. The van der Waals surface area contributed by atoms with Crippen molar-refractivity contribution in [3.05, 3.63) is 48.5 Å². The summed E-state index contributed by atoms with van der Waals surface area (Å²) in [5.41, 5.74) is 8.18. The number of para-hydroxylation sites is 2. The molecule has 0 saturated heterocycles. The predicted octanol–water partition coefficient (Wildman–Crippen LogP) is 1.72. The molecule has 0 aromatic heterocycles. The lowest BCUT2D eigenvalue weighted by Gasteiger charge is -2.12. The Morgan fingerprint density at radius 3 is 2.46 bits per heavy atom. The number of sulfonamides is 1. The van der Waals surface area contributed by atoms with E-state index in [-0.39, 0.29) is 10.6 Å². The Kier molecular flexibility index (Phi) is 5.77. The molecule has 0 fully saturated rings. The topological polar surface area (TPSA) is 153 Å². The Bertz CT molecular complexity index is 978. The van der Waals surface area contributed by atoms with Gasteiger partial charge in [-0.05, 0) is 36.4 Å². The highest BCUT2D eigenvalue weighted by Crippen LogP contribution is 2.26. The van der Waals surface area contributed by atoms with E-state index in [1.807, 2.05) is 0 Å². The van der Waals surface area contributed by atoms with E-state index in [4.69, 9.17) is 21.1 Å². The third kappa shape index (κ3) is 4.49. The van der Waals surface area contributed by atoms with Crippen LogP contribution in [0.4, 0.5) is 11.4 Å². The predicted molar refractivity (Wildman–Crippen MR) is 98.8 cm³/mol. The number of nitriles is 1. The molecule has 0 heterocycles. The fraction of sp³-hybridized carbons (Fsp3) is 0.0625.